The highest BCUT2D eigenvalue weighted by Crippen LogP contribution is 2.36. The third-order valence-electron chi connectivity index (χ3n) is 4.72. The molecule has 0 aliphatic carbocycles. The van der Waals surface area contributed by atoms with Crippen LogP contribution in [0, 0.1) is 10.1 Å². The zero-order valence-corrected chi connectivity index (χ0v) is 16.0. The van der Waals surface area contributed by atoms with Gasteiger partial charge in [-0.3, -0.25) is 24.6 Å². The molecule has 1 aromatic rings. The molecule has 2 aliphatic rings. The van der Waals surface area contributed by atoms with Gasteiger partial charge in [0.05, 0.1) is 23.0 Å². The van der Waals surface area contributed by atoms with E-state index in [-0.39, 0.29) is 27.8 Å². The minimum Gasteiger partial charge on any atom is -0.378 e. The third kappa shape index (κ3) is 3.98. The lowest BCUT2D eigenvalue weighted by atomic mass is 10.1. The molecule has 3 rings (SSSR count). The van der Waals surface area contributed by atoms with Gasteiger partial charge < -0.3 is 9.64 Å². The van der Waals surface area contributed by atoms with Crippen LogP contribution >= 0.6 is 11.8 Å². The van der Waals surface area contributed by atoms with E-state index < -0.39 is 4.92 Å². The molecule has 8 nitrogen and oxygen atoms in total. The summed E-state index contributed by atoms with van der Waals surface area (Å²) >= 11 is 0.875. The number of amides is 2. The molecular formula is C18H21N3O5S. The van der Waals surface area contributed by atoms with Gasteiger partial charge in [0.1, 0.15) is 0 Å². The van der Waals surface area contributed by atoms with Crippen LogP contribution in [0.15, 0.2) is 23.1 Å². The van der Waals surface area contributed by atoms with Crippen LogP contribution in [0.4, 0.5) is 16.2 Å². The molecule has 2 heterocycles. The number of benzene rings is 1. The fourth-order valence-electron chi connectivity index (χ4n) is 3.05. The first-order valence-corrected chi connectivity index (χ1v) is 9.62. The maximum absolute atomic E-state index is 12.7. The Morgan fingerprint density at radius 2 is 2.04 bits per heavy atom. The van der Waals surface area contributed by atoms with E-state index in [0.717, 1.165) is 17.4 Å². The summed E-state index contributed by atoms with van der Waals surface area (Å²) in [5.41, 5.74) is 1.29. The van der Waals surface area contributed by atoms with Crippen molar-refractivity contribution in [3.05, 3.63) is 38.8 Å². The number of thioether (sulfide) groups is 1. The molecule has 2 amide bonds. The van der Waals surface area contributed by atoms with E-state index in [1.807, 2.05) is 13.8 Å². The molecule has 0 radical (unpaired) electrons. The molecule has 2 saturated heterocycles. The molecule has 0 saturated carbocycles. The number of non-ortho nitro benzene ring substituents is 1. The van der Waals surface area contributed by atoms with Crippen molar-refractivity contribution in [3.63, 3.8) is 0 Å². The van der Waals surface area contributed by atoms with Gasteiger partial charge in [-0.25, -0.2) is 0 Å². The summed E-state index contributed by atoms with van der Waals surface area (Å²) in [6.07, 6.45) is 2.26. The van der Waals surface area contributed by atoms with Gasteiger partial charge in [0.2, 0.25) is 0 Å². The van der Waals surface area contributed by atoms with E-state index in [1.54, 1.807) is 12.1 Å². The van der Waals surface area contributed by atoms with Gasteiger partial charge in [-0.15, -0.1) is 0 Å². The van der Waals surface area contributed by atoms with Gasteiger partial charge >= 0.3 is 0 Å². The Hall–Kier alpha value is -2.39. The quantitative estimate of drug-likeness (QED) is 0.432. The smallest absolute Gasteiger partial charge is 0.293 e. The molecule has 27 heavy (non-hydrogen) atoms. The highest BCUT2D eigenvalue weighted by molar-refractivity contribution is 8.18. The maximum atomic E-state index is 12.7. The minimum atomic E-state index is -0.467. The summed E-state index contributed by atoms with van der Waals surface area (Å²) < 4.78 is 5.37. The van der Waals surface area contributed by atoms with Gasteiger partial charge in [0, 0.05) is 42.5 Å². The van der Waals surface area contributed by atoms with E-state index in [2.05, 4.69) is 4.90 Å². The van der Waals surface area contributed by atoms with Crippen molar-refractivity contribution in [1.29, 1.82) is 0 Å². The van der Waals surface area contributed by atoms with Gasteiger partial charge in [-0.05, 0) is 37.2 Å². The first-order valence-electron chi connectivity index (χ1n) is 8.80. The van der Waals surface area contributed by atoms with Crippen molar-refractivity contribution < 1.29 is 19.2 Å². The summed E-state index contributed by atoms with van der Waals surface area (Å²) in [7, 11) is 0. The molecule has 1 aromatic carbocycles. The van der Waals surface area contributed by atoms with Crippen LogP contribution in [0.5, 0.6) is 0 Å². The SMILES string of the molecule is CC[C@@H](C)N1C(=O)S/C(=C\c2cc([N+](=O)[O-])ccc2N2CCOCC2)C1=O. The van der Waals surface area contributed by atoms with Crippen LogP contribution in [0.3, 0.4) is 0 Å². The van der Waals surface area contributed by atoms with E-state index in [4.69, 9.17) is 4.74 Å². The number of nitro benzene ring substituents is 1. The first-order chi connectivity index (χ1) is 12.9. The fraction of sp³-hybridized carbons (Fsp3) is 0.444. The molecule has 2 aliphatic heterocycles. The number of hydrogen-bond donors (Lipinski definition) is 0. The molecule has 0 aromatic heterocycles. The Bertz CT molecular complexity index is 804. The number of hydrogen-bond acceptors (Lipinski definition) is 7. The fourth-order valence-corrected chi connectivity index (χ4v) is 3.97. The normalized spacial score (nSPS) is 20.4. The Balaban J connectivity index is 2.00. The number of imide groups is 1. The summed E-state index contributed by atoms with van der Waals surface area (Å²) in [5.74, 6) is -0.348. The second-order valence-electron chi connectivity index (χ2n) is 6.41. The number of ether oxygens (including phenoxy) is 1. The number of carbonyl (C=O) groups excluding carboxylic acids is 2. The van der Waals surface area contributed by atoms with Gasteiger partial charge in [-0.1, -0.05) is 6.92 Å². The first kappa shape index (κ1) is 19.4. The number of nitro groups is 1. The topological polar surface area (TPSA) is 93.0 Å². The highest BCUT2D eigenvalue weighted by atomic mass is 32.2. The predicted molar refractivity (Wildman–Crippen MR) is 104 cm³/mol. The molecule has 2 fully saturated rings. The zero-order chi connectivity index (χ0) is 19.6. The standard InChI is InChI=1S/C18H21N3O5S/c1-3-12(2)20-17(22)16(27-18(20)23)11-13-10-14(21(24)25)4-5-15(13)19-6-8-26-9-7-19/h4-5,10-12H,3,6-9H2,1-2H3/b16-11-/t12-/m1/s1. The maximum Gasteiger partial charge on any atom is 0.293 e. The number of morpholine rings is 1. The van der Waals surface area contributed by atoms with Crippen molar-refractivity contribution in [2.75, 3.05) is 31.2 Å². The summed E-state index contributed by atoms with van der Waals surface area (Å²) in [6.45, 7) is 6.20. The van der Waals surface area contributed by atoms with Crippen LogP contribution in [-0.4, -0.2) is 53.3 Å². The van der Waals surface area contributed by atoms with E-state index in [0.29, 0.717) is 38.3 Å². The summed E-state index contributed by atoms with van der Waals surface area (Å²) in [4.78, 5) is 39.2. The van der Waals surface area contributed by atoms with Gasteiger partial charge in [0.25, 0.3) is 16.8 Å². The second-order valence-corrected chi connectivity index (χ2v) is 7.40. The average Bonchev–Trinajstić information content (AvgIpc) is 2.95. The predicted octanol–water partition coefficient (Wildman–Crippen LogP) is 3.27. The Morgan fingerprint density at radius 3 is 2.67 bits per heavy atom. The number of carbonyl (C=O) groups is 2. The van der Waals surface area contributed by atoms with Crippen molar-refractivity contribution in [1.82, 2.24) is 4.90 Å². The molecule has 9 heteroatoms. The molecule has 0 N–H and O–H groups in total. The lowest BCUT2D eigenvalue weighted by molar-refractivity contribution is -0.384. The lowest BCUT2D eigenvalue weighted by Gasteiger charge is -2.30. The van der Waals surface area contributed by atoms with Crippen LogP contribution < -0.4 is 4.90 Å². The number of rotatable bonds is 5. The molecule has 144 valence electrons. The molecule has 0 bridgehead atoms. The van der Waals surface area contributed by atoms with Crippen LogP contribution in [0.25, 0.3) is 6.08 Å². The van der Waals surface area contributed by atoms with E-state index in [9.17, 15) is 19.7 Å². The number of anilines is 1. The Morgan fingerprint density at radius 1 is 1.33 bits per heavy atom. The summed E-state index contributed by atoms with van der Waals surface area (Å²) in [5, 5.41) is 10.9. The van der Waals surface area contributed by atoms with E-state index >= 15 is 0 Å². The van der Waals surface area contributed by atoms with Crippen molar-refractivity contribution >= 4 is 40.4 Å². The lowest BCUT2D eigenvalue weighted by Crippen LogP contribution is -2.36. The summed E-state index contributed by atoms with van der Waals surface area (Å²) in [6, 6.07) is 4.40. The molecular weight excluding hydrogens is 370 g/mol. The van der Waals surface area contributed by atoms with Gasteiger partial charge in [0.15, 0.2) is 0 Å². The average molecular weight is 391 g/mol. The van der Waals surface area contributed by atoms with Crippen LogP contribution in [0.2, 0.25) is 0 Å². The minimum absolute atomic E-state index is 0.0561. The molecule has 1 atom stereocenters. The van der Waals surface area contributed by atoms with Gasteiger partial charge in [-0.2, -0.15) is 0 Å². The Labute approximate surface area is 161 Å². The monoisotopic (exact) mass is 391 g/mol. The number of nitrogens with zero attached hydrogens (tertiary/aromatic N) is 3. The largest absolute Gasteiger partial charge is 0.378 e. The van der Waals surface area contributed by atoms with Crippen LogP contribution in [-0.2, 0) is 9.53 Å². The second kappa shape index (κ2) is 8.10. The van der Waals surface area contributed by atoms with Crippen molar-refractivity contribution in [2.24, 2.45) is 0 Å². The van der Waals surface area contributed by atoms with Crippen LogP contribution in [0.1, 0.15) is 25.8 Å². The van der Waals surface area contributed by atoms with E-state index in [1.165, 1.54) is 17.0 Å². The van der Waals surface area contributed by atoms with Crippen molar-refractivity contribution in [3.8, 4) is 0 Å². The molecule has 0 spiro atoms. The highest BCUT2D eigenvalue weighted by Gasteiger charge is 2.37. The third-order valence-corrected chi connectivity index (χ3v) is 5.60. The Kier molecular flexibility index (Phi) is 5.81. The zero-order valence-electron chi connectivity index (χ0n) is 15.2. The molecule has 0 unspecified atom stereocenters. The van der Waals surface area contributed by atoms with Crippen molar-refractivity contribution in [2.45, 2.75) is 26.3 Å².